The lowest BCUT2D eigenvalue weighted by molar-refractivity contribution is 0.235. The summed E-state index contributed by atoms with van der Waals surface area (Å²) < 4.78 is 0. The van der Waals surface area contributed by atoms with E-state index in [2.05, 4.69) is 15.0 Å². The lowest BCUT2D eigenvalue weighted by atomic mass is 9.94. The Morgan fingerprint density at radius 1 is 0.407 bits per heavy atom. The highest BCUT2D eigenvalue weighted by atomic mass is 15.5. The summed E-state index contributed by atoms with van der Waals surface area (Å²) in [4.78, 5) is 0. The zero-order valence-corrected chi connectivity index (χ0v) is 16.9. The molecule has 4 rings (SSSR count). The second-order valence-electron chi connectivity index (χ2n) is 8.44. The van der Waals surface area contributed by atoms with Crippen LogP contribution in [-0.4, -0.2) is 71.4 Å². The van der Waals surface area contributed by atoms with Crippen LogP contribution in [0.25, 0.3) is 0 Å². The van der Waals surface area contributed by atoms with Crippen LogP contribution in [0.3, 0.4) is 0 Å². The quantitative estimate of drug-likeness (QED) is 0.759. The molecule has 0 aromatic heterocycles. The van der Waals surface area contributed by atoms with E-state index >= 15 is 0 Å². The Balaban J connectivity index is 1.59. The van der Waals surface area contributed by atoms with E-state index in [1.807, 2.05) is 0 Å². The van der Waals surface area contributed by atoms with Gasteiger partial charge in [0.25, 0.3) is 0 Å². The highest BCUT2D eigenvalue weighted by molar-refractivity contribution is 6.69. The van der Waals surface area contributed by atoms with Gasteiger partial charge in [0.05, 0.1) is 11.4 Å². The van der Waals surface area contributed by atoms with Crippen molar-refractivity contribution in [3.05, 3.63) is 0 Å². The van der Waals surface area contributed by atoms with Gasteiger partial charge in [0.15, 0.2) is 0 Å². The minimum atomic E-state index is 1.04. The maximum atomic E-state index is 5.12. The van der Waals surface area contributed by atoms with Gasteiger partial charge in [-0.1, -0.05) is 0 Å². The third-order valence-corrected chi connectivity index (χ3v) is 6.14. The standard InChI is InChI=1S/C21H36N6/c1-4-13-25(14-5-1)22-19-11-10-12-20(23-26-15-6-2-7-16-26)21(19)24-27-17-8-3-9-18-27/h1-18H2/b22-19-,23-20+,24-21?. The molecule has 3 heterocycles. The number of rotatable bonds is 3. The number of piperidine rings is 3. The van der Waals surface area contributed by atoms with Gasteiger partial charge in [-0.25, -0.2) is 0 Å². The first-order valence-electron chi connectivity index (χ1n) is 11.4. The van der Waals surface area contributed by atoms with Gasteiger partial charge in [-0.3, -0.25) is 15.0 Å². The van der Waals surface area contributed by atoms with Crippen molar-refractivity contribution >= 4 is 17.1 Å². The van der Waals surface area contributed by atoms with Gasteiger partial charge < -0.3 is 0 Å². The average Bonchev–Trinajstić information content (AvgIpc) is 2.73. The van der Waals surface area contributed by atoms with Crippen LogP contribution in [0.2, 0.25) is 0 Å². The van der Waals surface area contributed by atoms with Crippen LogP contribution in [0, 0.1) is 0 Å². The summed E-state index contributed by atoms with van der Waals surface area (Å²) in [5.41, 5.74) is 3.47. The van der Waals surface area contributed by atoms with Crippen LogP contribution >= 0.6 is 0 Å². The summed E-state index contributed by atoms with van der Waals surface area (Å²) in [5, 5.41) is 22.1. The van der Waals surface area contributed by atoms with Crippen molar-refractivity contribution < 1.29 is 0 Å². The zero-order valence-electron chi connectivity index (χ0n) is 16.9. The van der Waals surface area contributed by atoms with Crippen LogP contribution in [-0.2, 0) is 0 Å². The first kappa shape index (κ1) is 18.8. The molecule has 0 bridgehead atoms. The maximum absolute atomic E-state index is 5.12. The molecule has 4 aliphatic rings. The summed E-state index contributed by atoms with van der Waals surface area (Å²) in [5.74, 6) is 0. The molecule has 1 saturated carbocycles. The van der Waals surface area contributed by atoms with E-state index in [-0.39, 0.29) is 0 Å². The molecule has 0 unspecified atom stereocenters. The van der Waals surface area contributed by atoms with Gasteiger partial charge in [-0.15, -0.1) is 0 Å². The van der Waals surface area contributed by atoms with E-state index in [4.69, 9.17) is 15.3 Å². The summed E-state index contributed by atoms with van der Waals surface area (Å²) in [6.07, 6.45) is 14.9. The van der Waals surface area contributed by atoms with Gasteiger partial charge >= 0.3 is 0 Å². The largest absolute Gasteiger partial charge is 0.297 e. The molecule has 0 atom stereocenters. The topological polar surface area (TPSA) is 46.8 Å². The maximum Gasteiger partial charge on any atom is 0.130 e. The number of nitrogens with zero attached hydrogens (tertiary/aromatic N) is 6. The molecule has 0 aromatic carbocycles. The van der Waals surface area contributed by atoms with Crippen molar-refractivity contribution in [3.8, 4) is 0 Å². The first-order chi connectivity index (χ1) is 13.4. The molecule has 6 nitrogen and oxygen atoms in total. The molecule has 0 amide bonds. The molecular formula is C21H36N6. The van der Waals surface area contributed by atoms with Crippen molar-refractivity contribution in [2.45, 2.75) is 77.0 Å². The van der Waals surface area contributed by atoms with Gasteiger partial charge in [-0.2, -0.15) is 15.3 Å². The molecule has 3 saturated heterocycles. The molecule has 0 aromatic rings. The van der Waals surface area contributed by atoms with E-state index in [1.165, 1.54) is 69.2 Å². The Labute approximate surface area is 164 Å². The van der Waals surface area contributed by atoms with Crippen LogP contribution < -0.4 is 0 Å². The van der Waals surface area contributed by atoms with Crippen molar-refractivity contribution in [2.75, 3.05) is 39.3 Å². The van der Waals surface area contributed by atoms with Crippen LogP contribution in [0.5, 0.6) is 0 Å². The van der Waals surface area contributed by atoms with Crippen molar-refractivity contribution in [3.63, 3.8) is 0 Å². The minimum absolute atomic E-state index is 1.04. The molecule has 27 heavy (non-hydrogen) atoms. The first-order valence-corrected chi connectivity index (χ1v) is 11.4. The molecule has 4 fully saturated rings. The van der Waals surface area contributed by atoms with Gasteiger partial charge in [0.2, 0.25) is 0 Å². The minimum Gasteiger partial charge on any atom is -0.297 e. The molecule has 0 spiro atoms. The van der Waals surface area contributed by atoms with E-state index in [0.29, 0.717) is 0 Å². The molecule has 0 N–H and O–H groups in total. The molecule has 0 radical (unpaired) electrons. The zero-order chi connectivity index (χ0) is 18.3. The van der Waals surface area contributed by atoms with Gasteiger partial charge in [0, 0.05) is 39.3 Å². The predicted molar refractivity (Wildman–Crippen MR) is 112 cm³/mol. The van der Waals surface area contributed by atoms with E-state index in [1.54, 1.807) is 0 Å². The lowest BCUT2D eigenvalue weighted by Gasteiger charge is -2.30. The molecule has 1 aliphatic carbocycles. The Kier molecular flexibility index (Phi) is 6.64. The van der Waals surface area contributed by atoms with Crippen LogP contribution in [0.15, 0.2) is 15.3 Å². The Bertz CT molecular complexity index is 525. The summed E-state index contributed by atoms with van der Waals surface area (Å²) in [6, 6.07) is 0. The summed E-state index contributed by atoms with van der Waals surface area (Å²) >= 11 is 0. The Morgan fingerprint density at radius 3 is 1.19 bits per heavy atom. The molecule has 6 heteroatoms. The number of hydrogen-bond acceptors (Lipinski definition) is 6. The summed E-state index contributed by atoms with van der Waals surface area (Å²) in [7, 11) is 0. The fourth-order valence-corrected chi connectivity index (χ4v) is 4.55. The van der Waals surface area contributed by atoms with Crippen molar-refractivity contribution in [2.24, 2.45) is 15.3 Å². The average molecular weight is 373 g/mol. The smallest absolute Gasteiger partial charge is 0.130 e. The third kappa shape index (κ3) is 5.23. The highest BCUT2D eigenvalue weighted by Crippen LogP contribution is 2.19. The monoisotopic (exact) mass is 372 g/mol. The van der Waals surface area contributed by atoms with E-state index in [0.717, 1.165) is 64.2 Å². The summed E-state index contributed by atoms with van der Waals surface area (Å²) in [6.45, 7) is 6.55. The predicted octanol–water partition coefficient (Wildman–Crippen LogP) is 3.70. The lowest BCUT2D eigenvalue weighted by Crippen LogP contribution is -2.38. The fraction of sp³-hybridized carbons (Fsp3) is 0.857. The van der Waals surface area contributed by atoms with E-state index < -0.39 is 0 Å². The van der Waals surface area contributed by atoms with Crippen molar-refractivity contribution in [1.29, 1.82) is 0 Å². The normalized spacial score (nSPS) is 29.8. The highest BCUT2D eigenvalue weighted by Gasteiger charge is 2.26. The van der Waals surface area contributed by atoms with Gasteiger partial charge in [-0.05, 0) is 77.0 Å². The number of hydrogen-bond donors (Lipinski definition) is 0. The van der Waals surface area contributed by atoms with Crippen LogP contribution in [0.1, 0.15) is 77.0 Å². The van der Waals surface area contributed by atoms with Crippen LogP contribution in [0.4, 0.5) is 0 Å². The SMILES string of the molecule is C1CCN(N=C2/C(=N\N3CCCCC3)CCC/C2=N\N2CCCCC2)CC1. The van der Waals surface area contributed by atoms with E-state index in [9.17, 15) is 0 Å². The second-order valence-corrected chi connectivity index (χ2v) is 8.44. The number of hydrazone groups is 3. The molecular weight excluding hydrogens is 336 g/mol. The molecule has 3 aliphatic heterocycles. The Hall–Kier alpha value is -1.59. The second kappa shape index (κ2) is 9.56. The Morgan fingerprint density at radius 2 is 0.778 bits per heavy atom. The fourth-order valence-electron chi connectivity index (χ4n) is 4.55. The third-order valence-electron chi connectivity index (χ3n) is 6.14. The van der Waals surface area contributed by atoms with Gasteiger partial charge in [0.1, 0.15) is 5.71 Å². The van der Waals surface area contributed by atoms with Crippen molar-refractivity contribution in [1.82, 2.24) is 15.0 Å². The molecule has 150 valence electrons.